The van der Waals surface area contributed by atoms with Gasteiger partial charge in [0.1, 0.15) is 4.60 Å². The molecule has 0 aromatic carbocycles. The topological polar surface area (TPSA) is 42.0 Å². The molecular formula is C15H21BrN2O. The maximum Gasteiger partial charge on any atom is 0.254 e. The van der Waals surface area contributed by atoms with E-state index in [4.69, 9.17) is 0 Å². The summed E-state index contributed by atoms with van der Waals surface area (Å²) in [5.74, 6) is 1.63. The lowest BCUT2D eigenvalue weighted by atomic mass is 9.81. The highest BCUT2D eigenvalue weighted by Gasteiger charge is 2.18. The molecule has 0 atom stereocenters. The van der Waals surface area contributed by atoms with Gasteiger partial charge in [-0.15, -0.1) is 0 Å². The number of rotatable bonds is 4. The number of nitrogens with one attached hydrogen (secondary N) is 1. The van der Waals surface area contributed by atoms with Crippen LogP contribution in [0, 0.1) is 11.8 Å². The van der Waals surface area contributed by atoms with Crippen LogP contribution in [0.5, 0.6) is 0 Å². The summed E-state index contributed by atoms with van der Waals surface area (Å²) in [6, 6.07) is 3.57. The molecule has 3 nitrogen and oxygen atoms in total. The molecule has 1 aromatic heterocycles. The number of pyridine rings is 1. The van der Waals surface area contributed by atoms with E-state index in [1.54, 1.807) is 18.3 Å². The predicted molar refractivity (Wildman–Crippen MR) is 80.0 cm³/mol. The summed E-state index contributed by atoms with van der Waals surface area (Å²) in [5.41, 5.74) is 0.611. The molecular weight excluding hydrogens is 304 g/mol. The fourth-order valence-electron chi connectivity index (χ4n) is 2.66. The molecule has 1 heterocycles. The molecule has 1 fully saturated rings. The lowest BCUT2D eigenvalue weighted by Crippen LogP contribution is -2.27. The number of halogens is 1. The van der Waals surface area contributed by atoms with Crippen molar-refractivity contribution in [3.8, 4) is 0 Å². The van der Waals surface area contributed by atoms with E-state index in [2.05, 4.69) is 33.2 Å². The van der Waals surface area contributed by atoms with Crippen molar-refractivity contribution in [2.24, 2.45) is 11.8 Å². The van der Waals surface area contributed by atoms with Gasteiger partial charge in [0, 0.05) is 12.7 Å². The van der Waals surface area contributed by atoms with Crippen molar-refractivity contribution in [2.45, 2.75) is 39.0 Å². The summed E-state index contributed by atoms with van der Waals surface area (Å²) in [6.07, 6.45) is 8.07. The molecule has 1 saturated carbocycles. The van der Waals surface area contributed by atoms with Gasteiger partial charge in [-0.2, -0.15) is 0 Å². The van der Waals surface area contributed by atoms with Crippen LogP contribution in [0.1, 0.15) is 49.4 Å². The molecule has 0 spiro atoms. The minimum absolute atomic E-state index is 0.0378. The van der Waals surface area contributed by atoms with Gasteiger partial charge in [-0.1, -0.05) is 32.6 Å². The SMILES string of the molecule is CC1CCC(CCNC(=O)c2cccnc2Br)CC1. The van der Waals surface area contributed by atoms with E-state index in [0.717, 1.165) is 24.8 Å². The van der Waals surface area contributed by atoms with Gasteiger partial charge in [0.2, 0.25) is 0 Å². The van der Waals surface area contributed by atoms with Gasteiger partial charge >= 0.3 is 0 Å². The Hall–Kier alpha value is -0.900. The Bertz CT molecular complexity index is 428. The highest BCUT2D eigenvalue weighted by atomic mass is 79.9. The summed E-state index contributed by atoms with van der Waals surface area (Å²) in [4.78, 5) is 16.0. The Morgan fingerprint density at radius 2 is 2.16 bits per heavy atom. The highest BCUT2D eigenvalue weighted by molar-refractivity contribution is 9.10. The lowest BCUT2D eigenvalue weighted by molar-refractivity contribution is 0.0948. The van der Waals surface area contributed by atoms with Gasteiger partial charge in [-0.3, -0.25) is 4.79 Å². The summed E-state index contributed by atoms with van der Waals surface area (Å²) in [5, 5.41) is 2.99. The number of carbonyl (C=O) groups excluding carboxylic acids is 1. The van der Waals surface area contributed by atoms with Crippen molar-refractivity contribution in [3.05, 3.63) is 28.5 Å². The zero-order chi connectivity index (χ0) is 13.7. The Morgan fingerprint density at radius 3 is 2.84 bits per heavy atom. The van der Waals surface area contributed by atoms with Crippen molar-refractivity contribution in [1.82, 2.24) is 10.3 Å². The molecule has 1 N–H and O–H groups in total. The molecule has 2 rings (SSSR count). The second kappa shape index (κ2) is 7.04. The highest BCUT2D eigenvalue weighted by Crippen LogP contribution is 2.29. The third-order valence-electron chi connectivity index (χ3n) is 3.98. The Kier molecular flexibility index (Phi) is 5.37. The van der Waals surface area contributed by atoms with Crippen molar-refractivity contribution >= 4 is 21.8 Å². The quantitative estimate of drug-likeness (QED) is 0.856. The monoisotopic (exact) mass is 324 g/mol. The van der Waals surface area contributed by atoms with Gasteiger partial charge < -0.3 is 5.32 Å². The first-order chi connectivity index (χ1) is 9.16. The van der Waals surface area contributed by atoms with Crippen molar-refractivity contribution in [3.63, 3.8) is 0 Å². The minimum atomic E-state index is -0.0378. The van der Waals surface area contributed by atoms with Crippen LogP contribution in [0.15, 0.2) is 22.9 Å². The van der Waals surface area contributed by atoms with Crippen LogP contribution >= 0.6 is 15.9 Å². The van der Waals surface area contributed by atoms with Crippen molar-refractivity contribution in [2.75, 3.05) is 6.54 Å². The second-order valence-corrected chi connectivity index (χ2v) is 6.26. The van der Waals surface area contributed by atoms with E-state index in [1.165, 1.54) is 25.7 Å². The number of hydrogen-bond acceptors (Lipinski definition) is 2. The summed E-state index contributed by atoms with van der Waals surface area (Å²) >= 11 is 3.30. The Labute approximate surface area is 123 Å². The molecule has 0 radical (unpaired) electrons. The van der Waals surface area contributed by atoms with Crippen LogP contribution in [0.2, 0.25) is 0 Å². The number of carbonyl (C=O) groups is 1. The van der Waals surface area contributed by atoms with E-state index in [-0.39, 0.29) is 5.91 Å². The summed E-state index contributed by atoms with van der Waals surface area (Å²) in [6.45, 7) is 3.09. The number of amides is 1. The first-order valence-corrected chi connectivity index (χ1v) is 7.85. The number of hydrogen-bond donors (Lipinski definition) is 1. The molecule has 0 bridgehead atoms. The van der Waals surface area contributed by atoms with Gasteiger partial charge in [0.05, 0.1) is 5.56 Å². The maximum atomic E-state index is 12.0. The average Bonchev–Trinajstić information content (AvgIpc) is 2.41. The standard InChI is InChI=1S/C15H21BrN2O/c1-11-4-6-12(7-5-11)8-10-18-15(19)13-3-2-9-17-14(13)16/h2-3,9,11-12H,4-8,10H2,1H3,(H,18,19). The van der Waals surface area contributed by atoms with E-state index >= 15 is 0 Å². The van der Waals surface area contributed by atoms with Gasteiger partial charge in [0.25, 0.3) is 5.91 Å². The van der Waals surface area contributed by atoms with E-state index in [0.29, 0.717) is 10.2 Å². The van der Waals surface area contributed by atoms with E-state index < -0.39 is 0 Å². The molecule has 19 heavy (non-hydrogen) atoms. The lowest BCUT2D eigenvalue weighted by Gasteiger charge is -2.26. The molecule has 1 aliphatic carbocycles. The molecule has 1 aromatic rings. The van der Waals surface area contributed by atoms with Crippen LogP contribution in [0.3, 0.4) is 0 Å². The van der Waals surface area contributed by atoms with Crippen LogP contribution in [0.4, 0.5) is 0 Å². The van der Waals surface area contributed by atoms with E-state index in [1.807, 2.05) is 0 Å². The molecule has 104 valence electrons. The number of nitrogens with zero attached hydrogens (tertiary/aromatic N) is 1. The third kappa shape index (κ3) is 4.30. The second-order valence-electron chi connectivity index (χ2n) is 5.51. The molecule has 4 heteroatoms. The van der Waals surface area contributed by atoms with Crippen LogP contribution in [-0.4, -0.2) is 17.4 Å². The molecule has 0 unspecified atom stereocenters. The molecule has 1 amide bonds. The van der Waals surface area contributed by atoms with Crippen LogP contribution in [0.25, 0.3) is 0 Å². The van der Waals surface area contributed by atoms with Crippen LogP contribution < -0.4 is 5.32 Å². The van der Waals surface area contributed by atoms with Gasteiger partial charge in [-0.25, -0.2) is 4.98 Å². The van der Waals surface area contributed by atoms with Gasteiger partial charge in [0.15, 0.2) is 0 Å². The Morgan fingerprint density at radius 1 is 1.42 bits per heavy atom. The summed E-state index contributed by atoms with van der Waals surface area (Å²) in [7, 11) is 0. The predicted octanol–water partition coefficient (Wildman–Crippen LogP) is 3.79. The van der Waals surface area contributed by atoms with E-state index in [9.17, 15) is 4.79 Å². The molecule has 0 aliphatic heterocycles. The summed E-state index contributed by atoms with van der Waals surface area (Å²) < 4.78 is 0.610. The minimum Gasteiger partial charge on any atom is -0.352 e. The maximum absolute atomic E-state index is 12.0. The first-order valence-electron chi connectivity index (χ1n) is 7.05. The average molecular weight is 325 g/mol. The zero-order valence-electron chi connectivity index (χ0n) is 11.4. The Balaban J connectivity index is 1.74. The van der Waals surface area contributed by atoms with Crippen molar-refractivity contribution in [1.29, 1.82) is 0 Å². The third-order valence-corrected chi connectivity index (χ3v) is 4.61. The molecule has 0 saturated heterocycles. The smallest absolute Gasteiger partial charge is 0.254 e. The van der Waals surface area contributed by atoms with Crippen LogP contribution in [-0.2, 0) is 0 Å². The zero-order valence-corrected chi connectivity index (χ0v) is 12.9. The number of aromatic nitrogens is 1. The van der Waals surface area contributed by atoms with Crippen molar-refractivity contribution < 1.29 is 4.79 Å². The van der Waals surface area contributed by atoms with Gasteiger partial charge in [-0.05, 0) is 46.3 Å². The fraction of sp³-hybridized carbons (Fsp3) is 0.600. The first kappa shape index (κ1) is 14.5. The fourth-order valence-corrected chi connectivity index (χ4v) is 3.09. The normalized spacial score (nSPS) is 23.1. The molecule has 1 aliphatic rings. The largest absolute Gasteiger partial charge is 0.352 e.